The Hall–Kier alpha value is -0.840. The standard InChI is InChI=1S/C25H40ClN5O3S/c1-17(32)30-12-9-25(15-30)16-31(24(34)28-23-27-14-21(26)35-23)20-8-7-18(13-19(20)25)5-2-3-6-22(33)29-10-4-11-29/h13,18,20-22,24,33-34H,2-12,14-16H2,1H3,(H,27,28). The molecule has 0 radical (unpaired) electrons. The number of nitrogens with one attached hydrogen (secondary N) is 1. The van der Waals surface area contributed by atoms with Gasteiger partial charge in [-0.1, -0.05) is 24.3 Å². The highest BCUT2D eigenvalue weighted by Crippen LogP contribution is 2.51. The number of amides is 1. The van der Waals surface area contributed by atoms with Gasteiger partial charge in [-0.2, -0.15) is 0 Å². The quantitative estimate of drug-likeness (QED) is 0.194. The maximum Gasteiger partial charge on any atom is 0.219 e. The van der Waals surface area contributed by atoms with Crippen molar-refractivity contribution < 1.29 is 15.0 Å². The number of hydrogen-bond acceptors (Lipinski definition) is 8. The molecule has 4 aliphatic heterocycles. The number of alkyl halides is 1. The molecular formula is C25H40ClN5O3S. The molecule has 3 saturated heterocycles. The fraction of sp³-hybridized carbons (Fsp3) is 0.840. The highest BCUT2D eigenvalue weighted by atomic mass is 35.5. The van der Waals surface area contributed by atoms with E-state index >= 15 is 0 Å². The summed E-state index contributed by atoms with van der Waals surface area (Å²) in [7, 11) is 0. The molecule has 10 heteroatoms. The molecule has 35 heavy (non-hydrogen) atoms. The van der Waals surface area contributed by atoms with Crippen LogP contribution in [0.1, 0.15) is 58.3 Å². The molecule has 6 unspecified atom stereocenters. The minimum Gasteiger partial charge on any atom is -0.378 e. The minimum atomic E-state index is -0.818. The predicted octanol–water partition coefficient (Wildman–Crippen LogP) is 2.36. The van der Waals surface area contributed by atoms with Crippen LogP contribution in [-0.2, 0) is 4.79 Å². The molecule has 1 amide bonds. The first-order chi connectivity index (χ1) is 16.8. The molecule has 0 aromatic rings. The van der Waals surface area contributed by atoms with Crippen LogP contribution in [-0.4, -0.2) is 98.6 Å². The van der Waals surface area contributed by atoms with Gasteiger partial charge in [0.1, 0.15) is 10.9 Å². The van der Waals surface area contributed by atoms with Gasteiger partial charge in [0, 0.05) is 51.1 Å². The van der Waals surface area contributed by atoms with E-state index in [0.29, 0.717) is 17.6 Å². The van der Waals surface area contributed by atoms with E-state index in [1.54, 1.807) is 6.92 Å². The summed E-state index contributed by atoms with van der Waals surface area (Å²) in [4.78, 5) is 22.9. The van der Waals surface area contributed by atoms with Crippen LogP contribution in [0, 0.1) is 11.3 Å². The smallest absolute Gasteiger partial charge is 0.219 e. The third-order valence-corrected chi connectivity index (χ3v) is 9.95. The average Bonchev–Trinajstić information content (AvgIpc) is 3.48. The molecular weight excluding hydrogens is 486 g/mol. The van der Waals surface area contributed by atoms with Crippen molar-refractivity contribution in [1.29, 1.82) is 0 Å². The van der Waals surface area contributed by atoms with Gasteiger partial charge < -0.3 is 20.4 Å². The predicted molar refractivity (Wildman–Crippen MR) is 140 cm³/mol. The summed E-state index contributed by atoms with van der Waals surface area (Å²) in [5.41, 5.74) is 1.35. The molecule has 4 heterocycles. The normalized spacial score (nSPS) is 35.0. The van der Waals surface area contributed by atoms with Crippen molar-refractivity contribution in [2.75, 3.05) is 39.3 Å². The van der Waals surface area contributed by atoms with Crippen molar-refractivity contribution in [2.45, 2.75) is 81.6 Å². The first kappa shape index (κ1) is 25.8. The Balaban J connectivity index is 1.24. The molecule has 196 valence electrons. The number of unbranched alkanes of at least 4 members (excludes halogenated alkanes) is 1. The third kappa shape index (κ3) is 5.55. The van der Waals surface area contributed by atoms with E-state index in [1.165, 1.54) is 23.8 Å². The van der Waals surface area contributed by atoms with E-state index in [0.717, 1.165) is 77.7 Å². The third-order valence-electron chi connectivity index (χ3n) is 8.67. The molecule has 5 rings (SSSR count). The van der Waals surface area contributed by atoms with Crippen molar-refractivity contribution in [3.63, 3.8) is 0 Å². The number of aliphatic hydroxyl groups is 2. The van der Waals surface area contributed by atoms with Gasteiger partial charge in [-0.15, -0.1) is 11.6 Å². The Kier molecular flexibility index (Phi) is 8.01. The summed E-state index contributed by atoms with van der Waals surface area (Å²) in [6, 6.07) is 0.188. The van der Waals surface area contributed by atoms with E-state index in [9.17, 15) is 15.0 Å². The first-order valence-electron chi connectivity index (χ1n) is 13.3. The SMILES string of the molecule is CC(=O)N1CCC2(C1)CN(C(O)NC1=NCC(Cl)S1)C1CCC(CCCCC(O)N3CCC3)C=C12. The van der Waals surface area contributed by atoms with Gasteiger partial charge in [0.2, 0.25) is 5.91 Å². The van der Waals surface area contributed by atoms with Crippen molar-refractivity contribution >= 4 is 34.4 Å². The second kappa shape index (κ2) is 10.9. The Morgan fingerprint density at radius 3 is 2.77 bits per heavy atom. The lowest BCUT2D eigenvalue weighted by Gasteiger charge is -2.35. The second-order valence-electron chi connectivity index (χ2n) is 11.0. The van der Waals surface area contributed by atoms with Crippen LogP contribution in [0.5, 0.6) is 0 Å². The Morgan fingerprint density at radius 1 is 1.29 bits per heavy atom. The zero-order valence-electron chi connectivity index (χ0n) is 20.7. The summed E-state index contributed by atoms with van der Waals surface area (Å²) < 4.78 is -0.0773. The van der Waals surface area contributed by atoms with E-state index in [1.807, 2.05) is 4.90 Å². The van der Waals surface area contributed by atoms with Gasteiger partial charge in [-0.25, -0.2) is 0 Å². The van der Waals surface area contributed by atoms with Crippen LogP contribution in [0.15, 0.2) is 16.6 Å². The Bertz CT molecular complexity index is 855. The van der Waals surface area contributed by atoms with Crippen LogP contribution < -0.4 is 5.32 Å². The number of thioether (sulfide) groups is 1. The van der Waals surface area contributed by atoms with Gasteiger partial charge in [0.25, 0.3) is 0 Å². The molecule has 3 fully saturated rings. The molecule has 5 aliphatic rings. The fourth-order valence-corrected chi connectivity index (χ4v) is 7.61. The van der Waals surface area contributed by atoms with Crippen molar-refractivity contribution in [2.24, 2.45) is 16.3 Å². The molecule has 0 bridgehead atoms. The number of allylic oxidation sites excluding steroid dienone is 1. The summed E-state index contributed by atoms with van der Waals surface area (Å²) in [6.45, 7) is 6.56. The summed E-state index contributed by atoms with van der Waals surface area (Å²) in [5, 5.41) is 25.3. The van der Waals surface area contributed by atoms with E-state index in [2.05, 4.69) is 26.2 Å². The monoisotopic (exact) mass is 525 g/mol. The number of likely N-dealkylation sites (tertiary alicyclic amines) is 3. The van der Waals surface area contributed by atoms with E-state index in [-0.39, 0.29) is 28.3 Å². The largest absolute Gasteiger partial charge is 0.378 e. The lowest BCUT2D eigenvalue weighted by Crippen LogP contribution is -2.50. The van der Waals surface area contributed by atoms with Crippen LogP contribution in [0.25, 0.3) is 0 Å². The number of nitrogens with zero attached hydrogens (tertiary/aromatic N) is 4. The van der Waals surface area contributed by atoms with E-state index < -0.39 is 6.35 Å². The number of aliphatic hydroxyl groups excluding tert-OH is 2. The highest BCUT2D eigenvalue weighted by Gasteiger charge is 2.54. The van der Waals surface area contributed by atoms with Crippen LogP contribution in [0.2, 0.25) is 0 Å². The second-order valence-corrected chi connectivity index (χ2v) is 12.9. The van der Waals surface area contributed by atoms with Gasteiger partial charge in [0.15, 0.2) is 11.5 Å². The number of aliphatic imine (C=N–C) groups is 1. The molecule has 8 nitrogen and oxygen atoms in total. The van der Waals surface area contributed by atoms with Gasteiger partial charge in [-0.3, -0.25) is 19.6 Å². The fourth-order valence-electron chi connectivity index (χ4n) is 6.57. The molecule has 0 aromatic carbocycles. The highest BCUT2D eigenvalue weighted by molar-refractivity contribution is 8.15. The molecule has 0 aromatic heterocycles. The van der Waals surface area contributed by atoms with Crippen LogP contribution >= 0.6 is 23.4 Å². The van der Waals surface area contributed by atoms with Crippen LogP contribution in [0.3, 0.4) is 0 Å². The summed E-state index contributed by atoms with van der Waals surface area (Å²) in [5.74, 6) is 0.664. The molecule has 1 aliphatic carbocycles. The summed E-state index contributed by atoms with van der Waals surface area (Å²) >= 11 is 7.63. The number of rotatable bonds is 8. The summed E-state index contributed by atoms with van der Waals surface area (Å²) in [6.07, 6.45) is 9.87. The average molecular weight is 526 g/mol. The lowest BCUT2D eigenvalue weighted by molar-refractivity contribution is -0.128. The van der Waals surface area contributed by atoms with Crippen molar-refractivity contribution in [3.05, 3.63) is 11.6 Å². The maximum atomic E-state index is 12.2. The zero-order chi connectivity index (χ0) is 24.6. The number of carbonyl (C=O) groups is 1. The van der Waals surface area contributed by atoms with E-state index in [4.69, 9.17) is 11.6 Å². The van der Waals surface area contributed by atoms with Crippen molar-refractivity contribution in [1.82, 2.24) is 20.0 Å². The number of fused-ring (bicyclic) bond motifs is 2. The number of hydrogen-bond donors (Lipinski definition) is 3. The Labute approximate surface area is 218 Å². The zero-order valence-corrected chi connectivity index (χ0v) is 22.3. The van der Waals surface area contributed by atoms with Crippen molar-refractivity contribution in [3.8, 4) is 0 Å². The topological polar surface area (TPSA) is 91.6 Å². The Morgan fingerprint density at radius 2 is 2.11 bits per heavy atom. The number of amidine groups is 1. The minimum absolute atomic E-state index is 0.0773. The molecule has 6 atom stereocenters. The molecule has 0 saturated carbocycles. The molecule has 1 spiro atoms. The lowest BCUT2D eigenvalue weighted by atomic mass is 9.73. The van der Waals surface area contributed by atoms with Gasteiger partial charge in [-0.05, 0) is 56.4 Å². The van der Waals surface area contributed by atoms with Crippen LogP contribution in [0.4, 0.5) is 0 Å². The maximum absolute atomic E-state index is 12.2. The number of halogens is 1. The first-order valence-corrected chi connectivity index (χ1v) is 14.6. The number of carbonyl (C=O) groups excluding carboxylic acids is 1. The van der Waals surface area contributed by atoms with Gasteiger partial charge in [0.05, 0.1) is 6.54 Å². The molecule has 3 N–H and O–H groups in total. The van der Waals surface area contributed by atoms with Gasteiger partial charge >= 0.3 is 0 Å².